The predicted octanol–water partition coefficient (Wildman–Crippen LogP) is 2.10. The Morgan fingerprint density at radius 1 is 1.44 bits per heavy atom. The first kappa shape index (κ1) is 11.8. The largest absolute Gasteiger partial charge is 0.322 e. The highest BCUT2D eigenvalue weighted by atomic mass is 35.5. The molecule has 0 saturated heterocycles. The monoisotopic (exact) mass is 281 g/mol. The summed E-state index contributed by atoms with van der Waals surface area (Å²) in [5.74, 6) is 0.765. The van der Waals surface area contributed by atoms with E-state index in [1.54, 1.807) is 17.3 Å². The number of hydrogen-bond acceptors (Lipinski definition) is 6. The minimum absolute atomic E-state index is 0.00414. The van der Waals surface area contributed by atoms with E-state index in [-0.39, 0.29) is 11.5 Å². The van der Waals surface area contributed by atoms with Crippen molar-refractivity contribution in [1.82, 2.24) is 5.01 Å². The van der Waals surface area contributed by atoms with Crippen LogP contribution in [0.4, 0.5) is 5.69 Å². The van der Waals surface area contributed by atoms with Gasteiger partial charge in [0.05, 0.1) is 17.3 Å². The number of nitrogens with zero attached hydrogens (tertiary/aromatic N) is 4. The summed E-state index contributed by atoms with van der Waals surface area (Å²) in [5.41, 5.74) is 8.66. The summed E-state index contributed by atoms with van der Waals surface area (Å²) in [6.45, 7) is 1.90. The van der Waals surface area contributed by atoms with Crippen molar-refractivity contribution in [2.75, 3.05) is 5.01 Å². The highest BCUT2D eigenvalue weighted by Crippen LogP contribution is 2.35. The molecule has 3 rings (SSSR count). The Hall–Kier alpha value is -1.24. The first-order valence-corrected chi connectivity index (χ1v) is 6.85. The highest BCUT2D eigenvalue weighted by molar-refractivity contribution is 8.12. The lowest BCUT2D eigenvalue weighted by Gasteiger charge is -2.22. The molecule has 0 aromatic heterocycles. The zero-order valence-electron chi connectivity index (χ0n) is 9.69. The molecule has 0 saturated carbocycles. The lowest BCUT2D eigenvalue weighted by molar-refractivity contribution is 0.443. The number of rotatable bonds is 2. The fourth-order valence-corrected chi connectivity index (χ4v) is 2.90. The Bertz CT molecular complexity index is 530. The third-order valence-electron chi connectivity index (χ3n) is 2.70. The van der Waals surface area contributed by atoms with Gasteiger partial charge in [-0.15, -0.1) is 0 Å². The molecule has 1 aromatic carbocycles. The third kappa shape index (κ3) is 1.86. The molecule has 1 unspecified atom stereocenters. The second kappa shape index (κ2) is 4.46. The van der Waals surface area contributed by atoms with Gasteiger partial charge in [-0.25, -0.2) is 10.0 Å². The molecule has 0 spiro atoms. The van der Waals surface area contributed by atoms with E-state index in [1.807, 2.05) is 41.2 Å². The number of nitrogens with two attached hydrogens (primary N) is 1. The van der Waals surface area contributed by atoms with Crippen molar-refractivity contribution in [2.24, 2.45) is 15.9 Å². The van der Waals surface area contributed by atoms with Crippen LogP contribution in [0.25, 0.3) is 0 Å². The molecule has 0 radical (unpaired) electrons. The Morgan fingerprint density at radius 3 is 3.00 bits per heavy atom. The predicted molar refractivity (Wildman–Crippen MR) is 76.7 cm³/mol. The van der Waals surface area contributed by atoms with Gasteiger partial charge in [0.1, 0.15) is 0 Å². The van der Waals surface area contributed by atoms with Gasteiger partial charge in [-0.2, -0.15) is 10.2 Å². The van der Waals surface area contributed by atoms with Crippen molar-refractivity contribution in [3.8, 4) is 0 Å². The van der Waals surface area contributed by atoms with E-state index in [1.165, 1.54) is 0 Å². The van der Waals surface area contributed by atoms with Crippen molar-refractivity contribution >= 4 is 40.4 Å². The average Bonchev–Trinajstić information content (AvgIpc) is 2.88. The van der Waals surface area contributed by atoms with Gasteiger partial charge in [0.2, 0.25) is 0 Å². The Labute approximate surface area is 114 Å². The van der Waals surface area contributed by atoms with Gasteiger partial charge in [0.25, 0.3) is 0 Å². The average molecular weight is 282 g/mol. The van der Waals surface area contributed by atoms with E-state index in [2.05, 4.69) is 10.2 Å². The standard InChI is InChI=1S/C11H12ClN5S/c1-7(13)10-15-16(11-17(10)14-6-18-11)9-4-2-3-8(12)5-9/h2-7,11H,13H2,1H3/t7?,11-/m1/s1. The van der Waals surface area contributed by atoms with Gasteiger partial charge in [-0.05, 0) is 25.1 Å². The molecule has 5 nitrogen and oxygen atoms in total. The number of amidine groups is 1. The van der Waals surface area contributed by atoms with Crippen molar-refractivity contribution in [3.63, 3.8) is 0 Å². The number of thioether (sulfide) groups is 1. The topological polar surface area (TPSA) is 57.2 Å². The fourth-order valence-electron chi connectivity index (χ4n) is 1.89. The molecule has 2 aliphatic heterocycles. The first-order valence-electron chi connectivity index (χ1n) is 5.53. The molecule has 0 fully saturated rings. The number of hydrogen-bond donors (Lipinski definition) is 1. The number of halogens is 1. The number of hydrazone groups is 2. The number of fused-ring (bicyclic) bond motifs is 1. The molecule has 2 N–H and O–H groups in total. The minimum atomic E-state index is -0.160. The molecule has 0 bridgehead atoms. The lowest BCUT2D eigenvalue weighted by atomic mass is 10.3. The van der Waals surface area contributed by atoms with Gasteiger partial charge in [-0.1, -0.05) is 29.4 Å². The van der Waals surface area contributed by atoms with Crippen molar-refractivity contribution in [2.45, 2.75) is 18.5 Å². The van der Waals surface area contributed by atoms with Crippen LogP contribution < -0.4 is 10.7 Å². The minimum Gasteiger partial charge on any atom is -0.322 e. The molecule has 2 heterocycles. The van der Waals surface area contributed by atoms with Crippen LogP contribution in [-0.4, -0.2) is 27.9 Å². The molecule has 1 aromatic rings. The number of anilines is 1. The van der Waals surface area contributed by atoms with E-state index < -0.39 is 0 Å². The smallest absolute Gasteiger partial charge is 0.198 e. The summed E-state index contributed by atoms with van der Waals surface area (Å²) in [4.78, 5) is 0. The van der Waals surface area contributed by atoms with Gasteiger partial charge >= 0.3 is 0 Å². The molecule has 2 aliphatic rings. The molecule has 94 valence electrons. The zero-order valence-corrected chi connectivity index (χ0v) is 11.3. The normalized spacial score (nSPS) is 23.3. The van der Waals surface area contributed by atoms with Gasteiger partial charge < -0.3 is 5.73 Å². The van der Waals surface area contributed by atoms with E-state index in [0.29, 0.717) is 5.02 Å². The Balaban J connectivity index is 1.98. The Kier molecular flexibility index (Phi) is 2.93. The van der Waals surface area contributed by atoms with Crippen LogP contribution in [0.15, 0.2) is 34.5 Å². The summed E-state index contributed by atoms with van der Waals surface area (Å²) < 4.78 is 0. The lowest BCUT2D eigenvalue weighted by Crippen LogP contribution is -2.39. The maximum Gasteiger partial charge on any atom is 0.198 e. The first-order chi connectivity index (χ1) is 8.66. The Morgan fingerprint density at radius 2 is 2.28 bits per heavy atom. The van der Waals surface area contributed by atoms with E-state index in [4.69, 9.17) is 17.3 Å². The molecular formula is C11H12ClN5S. The molecular weight excluding hydrogens is 270 g/mol. The SMILES string of the molecule is CC(N)C1=NN(c2cccc(Cl)c2)[C@H]2SC=NN12. The van der Waals surface area contributed by atoms with Crippen LogP contribution in [0.3, 0.4) is 0 Å². The van der Waals surface area contributed by atoms with Crippen LogP contribution in [0.1, 0.15) is 6.92 Å². The van der Waals surface area contributed by atoms with Crippen LogP contribution in [-0.2, 0) is 0 Å². The van der Waals surface area contributed by atoms with Crippen LogP contribution in [0.5, 0.6) is 0 Å². The van der Waals surface area contributed by atoms with Crippen molar-refractivity contribution in [3.05, 3.63) is 29.3 Å². The third-order valence-corrected chi connectivity index (χ3v) is 3.79. The fraction of sp³-hybridized carbons (Fsp3) is 0.273. The summed E-state index contributed by atoms with van der Waals surface area (Å²) in [5, 5.41) is 13.2. The molecule has 0 amide bonds. The molecule has 18 heavy (non-hydrogen) atoms. The van der Waals surface area contributed by atoms with Gasteiger partial charge in [0.15, 0.2) is 11.3 Å². The van der Waals surface area contributed by atoms with Crippen molar-refractivity contribution in [1.29, 1.82) is 0 Å². The summed E-state index contributed by atoms with van der Waals surface area (Å²) in [7, 11) is 0. The van der Waals surface area contributed by atoms with Crippen LogP contribution >= 0.6 is 23.4 Å². The van der Waals surface area contributed by atoms with Gasteiger partial charge in [-0.3, -0.25) is 0 Å². The molecule has 0 aliphatic carbocycles. The second-order valence-corrected chi connectivity index (χ2v) is 5.44. The van der Waals surface area contributed by atoms with E-state index >= 15 is 0 Å². The summed E-state index contributed by atoms with van der Waals surface area (Å²) in [6, 6.07) is 7.44. The molecule has 7 heteroatoms. The van der Waals surface area contributed by atoms with Gasteiger partial charge in [0, 0.05) is 5.02 Å². The second-order valence-electron chi connectivity index (χ2n) is 4.10. The quantitative estimate of drug-likeness (QED) is 0.902. The molecule has 2 atom stereocenters. The van der Waals surface area contributed by atoms with Crippen molar-refractivity contribution < 1.29 is 0 Å². The van der Waals surface area contributed by atoms with E-state index in [9.17, 15) is 0 Å². The maximum atomic E-state index is 6.01. The maximum absolute atomic E-state index is 6.01. The van der Waals surface area contributed by atoms with Crippen LogP contribution in [0, 0.1) is 0 Å². The summed E-state index contributed by atoms with van der Waals surface area (Å²) >= 11 is 7.60. The van der Waals surface area contributed by atoms with Crippen LogP contribution in [0.2, 0.25) is 5.02 Å². The zero-order chi connectivity index (χ0) is 12.7. The number of benzene rings is 1. The van der Waals surface area contributed by atoms with E-state index in [0.717, 1.165) is 11.5 Å². The highest BCUT2D eigenvalue weighted by Gasteiger charge is 2.39. The summed E-state index contributed by atoms with van der Waals surface area (Å²) in [6.07, 6.45) is 0.